The van der Waals surface area contributed by atoms with Gasteiger partial charge >= 0.3 is 5.97 Å². The summed E-state index contributed by atoms with van der Waals surface area (Å²) >= 11 is 1.52. The molecule has 0 amide bonds. The molecule has 0 fully saturated rings. The van der Waals surface area contributed by atoms with Gasteiger partial charge in [-0.1, -0.05) is 24.3 Å². The Morgan fingerprint density at radius 3 is 2.95 bits per heavy atom. The third-order valence-electron chi connectivity index (χ3n) is 3.19. The zero-order valence-electron chi connectivity index (χ0n) is 11.0. The van der Waals surface area contributed by atoms with E-state index in [9.17, 15) is 4.79 Å². The van der Waals surface area contributed by atoms with Gasteiger partial charge in [0.25, 0.3) is 0 Å². The Morgan fingerprint density at radius 1 is 1.25 bits per heavy atom. The minimum atomic E-state index is -0.302. The average molecular weight is 283 g/mol. The lowest BCUT2D eigenvalue weighted by Gasteiger charge is -2.07. The normalized spacial score (nSPS) is 10.7. The van der Waals surface area contributed by atoms with Crippen LogP contribution in [0.3, 0.4) is 0 Å². The number of fused-ring (bicyclic) bond motifs is 1. The standard InChI is InChI=1S/C16H13NO2S/c1-11-4-2-3-5-13(11)9-19-16(18)12-6-7-14-15(8-12)20-10-17-14/h2-8,10H,9H2,1H3. The fraction of sp³-hybridized carbons (Fsp3) is 0.125. The summed E-state index contributed by atoms with van der Waals surface area (Å²) in [6.07, 6.45) is 0. The summed E-state index contributed by atoms with van der Waals surface area (Å²) in [6.45, 7) is 2.30. The minimum absolute atomic E-state index is 0.298. The molecular weight excluding hydrogens is 270 g/mol. The van der Waals surface area contributed by atoms with Crippen molar-refractivity contribution in [2.75, 3.05) is 0 Å². The van der Waals surface area contributed by atoms with Gasteiger partial charge in [0.05, 0.1) is 21.3 Å². The van der Waals surface area contributed by atoms with Crippen molar-refractivity contribution in [3.05, 3.63) is 64.7 Å². The van der Waals surface area contributed by atoms with Crippen molar-refractivity contribution in [3.8, 4) is 0 Å². The number of carbonyl (C=O) groups excluding carboxylic acids is 1. The lowest BCUT2D eigenvalue weighted by molar-refractivity contribution is 0.0472. The van der Waals surface area contributed by atoms with Gasteiger partial charge in [-0.15, -0.1) is 11.3 Å². The molecule has 3 aromatic rings. The molecule has 0 saturated heterocycles. The van der Waals surface area contributed by atoms with E-state index in [4.69, 9.17) is 4.74 Å². The van der Waals surface area contributed by atoms with E-state index in [1.54, 1.807) is 11.6 Å². The van der Waals surface area contributed by atoms with Crippen molar-refractivity contribution in [1.29, 1.82) is 0 Å². The highest BCUT2D eigenvalue weighted by molar-refractivity contribution is 7.16. The van der Waals surface area contributed by atoms with Crippen LogP contribution in [-0.2, 0) is 11.3 Å². The Morgan fingerprint density at radius 2 is 2.10 bits per heavy atom. The van der Waals surface area contributed by atoms with Gasteiger partial charge in [-0.25, -0.2) is 9.78 Å². The monoisotopic (exact) mass is 283 g/mol. The summed E-state index contributed by atoms with van der Waals surface area (Å²) in [5.41, 5.74) is 5.39. The number of nitrogens with zero attached hydrogens (tertiary/aromatic N) is 1. The van der Waals surface area contributed by atoms with Gasteiger partial charge < -0.3 is 4.74 Å². The predicted molar refractivity (Wildman–Crippen MR) is 79.9 cm³/mol. The molecule has 0 unspecified atom stereocenters. The van der Waals surface area contributed by atoms with Gasteiger partial charge in [0.15, 0.2) is 0 Å². The first-order valence-corrected chi connectivity index (χ1v) is 7.17. The number of ether oxygens (including phenoxy) is 1. The highest BCUT2D eigenvalue weighted by atomic mass is 32.1. The van der Waals surface area contributed by atoms with Crippen LogP contribution in [0.5, 0.6) is 0 Å². The van der Waals surface area contributed by atoms with Crippen molar-refractivity contribution < 1.29 is 9.53 Å². The van der Waals surface area contributed by atoms with Gasteiger partial charge in [0.1, 0.15) is 6.61 Å². The molecule has 3 rings (SSSR count). The topological polar surface area (TPSA) is 39.2 Å². The summed E-state index contributed by atoms with van der Waals surface area (Å²) in [5.74, 6) is -0.302. The van der Waals surface area contributed by atoms with E-state index in [1.165, 1.54) is 11.3 Å². The highest BCUT2D eigenvalue weighted by Crippen LogP contribution is 2.20. The van der Waals surface area contributed by atoms with E-state index in [1.807, 2.05) is 43.3 Å². The van der Waals surface area contributed by atoms with Crippen LogP contribution < -0.4 is 0 Å². The first-order valence-electron chi connectivity index (χ1n) is 6.29. The summed E-state index contributed by atoms with van der Waals surface area (Å²) in [6, 6.07) is 13.3. The number of rotatable bonds is 3. The van der Waals surface area contributed by atoms with Crippen molar-refractivity contribution in [2.24, 2.45) is 0 Å². The molecule has 0 spiro atoms. The van der Waals surface area contributed by atoms with Crippen LogP contribution in [0, 0.1) is 6.92 Å². The lowest BCUT2D eigenvalue weighted by atomic mass is 10.1. The Bertz CT molecular complexity index is 764. The van der Waals surface area contributed by atoms with Gasteiger partial charge in [-0.05, 0) is 36.2 Å². The average Bonchev–Trinajstić information content (AvgIpc) is 2.93. The van der Waals surface area contributed by atoms with E-state index in [2.05, 4.69) is 4.98 Å². The maximum absolute atomic E-state index is 12.1. The van der Waals surface area contributed by atoms with Gasteiger partial charge in [0, 0.05) is 0 Å². The molecule has 100 valence electrons. The van der Waals surface area contributed by atoms with E-state index in [0.29, 0.717) is 12.2 Å². The molecular formula is C16H13NO2S. The van der Waals surface area contributed by atoms with Crippen molar-refractivity contribution in [3.63, 3.8) is 0 Å². The van der Waals surface area contributed by atoms with Crippen LogP contribution in [-0.4, -0.2) is 11.0 Å². The molecule has 0 saturated carbocycles. The summed E-state index contributed by atoms with van der Waals surface area (Å²) in [5, 5.41) is 0. The largest absolute Gasteiger partial charge is 0.457 e. The molecule has 1 aromatic heterocycles. The molecule has 0 N–H and O–H groups in total. The van der Waals surface area contributed by atoms with E-state index in [0.717, 1.165) is 21.3 Å². The molecule has 0 atom stereocenters. The molecule has 20 heavy (non-hydrogen) atoms. The fourth-order valence-electron chi connectivity index (χ4n) is 1.98. The Labute approximate surface area is 120 Å². The summed E-state index contributed by atoms with van der Waals surface area (Å²) < 4.78 is 6.36. The number of hydrogen-bond donors (Lipinski definition) is 0. The lowest BCUT2D eigenvalue weighted by Crippen LogP contribution is -2.05. The number of aromatic nitrogens is 1. The number of benzene rings is 2. The van der Waals surface area contributed by atoms with Crippen molar-refractivity contribution in [1.82, 2.24) is 4.98 Å². The van der Waals surface area contributed by atoms with E-state index < -0.39 is 0 Å². The maximum Gasteiger partial charge on any atom is 0.338 e. The molecule has 0 aliphatic heterocycles. The number of carbonyl (C=O) groups is 1. The second-order valence-electron chi connectivity index (χ2n) is 4.54. The molecule has 0 aliphatic carbocycles. The first kappa shape index (κ1) is 12.8. The number of aryl methyl sites for hydroxylation is 1. The zero-order chi connectivity index (χ0) is 13.9. The van der Waals surface area contributed by atoms with Crippen molar-refractivity contribution in [2.45, 2.75) is 13.5 Å². The molecule has 1 heterocycles. The number of thiazole rings is 1. The number of hydrogen-bond acceptors (Lipinski definition) is 4. The summed E-state index contributed by atoms with van der Waals surface area (Å²) in [7, 11) is 0. The molecule has 0 aliphatic rings. The third-order valence-corrected chi connectivity index (χ3v) is 3.98. The second kappa shape index (κ2) is 5.43. The van der Waals surface area contributed by atoms with Crippen LogP contribution in [0.15, 0.2) is 48.0 Å². The minimum Gasteiger partial charge on any atom is -0.457 e. The number of esters is 1. The molecule has 2 aromatic carbocycles. The van der Waals surface area contributed by atoms with Gasteiger partial charge in [-0.3, -0.25) is 0 Å². The summed E-state index contributed by atoms with van der Waals surface area (Å²) in [4.78, 5) is 16.2. The Kier molecular flexibility index (Phi) is 3.48. The molecule has 0 radical (unpaired) electrons. The van der Waals surface area contributed by atoms with Crippen LogP contribution in [0.2, 0.25) is 0 Å². The van der Waals surface area contributed by atoms with Crippen LogP contribution >= 0.6 is 11.3 Å². The molecule has 3 nitrogen and oxygen atoms in total. The smallest absolute Gasteiger partial charge is 0.338 e. The highest BCUT2D eigenvalue weighted by Gasteiger charge is 2.09. The van der Waals surface area contributed by atoms with Crippen LogP contribution in [0.25, 0.3) is 10.2 Å². The van der Waals surface area contributed by atoms with Crippen molar-refractivity contribution >= 4 is 27.5 Å². The second-order valence-corrected chi connectivity index (χ2v) is 5.42. The van der Waals surface area contributed by atoms with E-state index >= 15 is 0 Å². The molecule has 4 heteroatoms. The molecule has 0 bridgehead atoms. The zero-order valence-corrected chi connectivity index (χ0v) is 11.8. The van der Waals surface area contributed by atoms with Gasteiger partial charge in [-0.2, -0.15) is 0 Å². The Balaban J connectivity index is 1.74. The SMILES string of the molecule is Cc1ccccc1COC(=O)c1ccc2ncsc2c1. The van der Waals surface area contributed by atoms with Gasteiger partial charge in [0.2, 0.25) is 0 Å². The van der Waals surface area contributed by atoms with Crippen LogP contribution in [0.1, 0.15) is 21.5 Å². The fourth-order valence-corrected chi connectivity index (χ4v) is 2.70. The quantitative estimate of drug-likeness (QED) is 0.683. The third kappa shape index (κ3) is 2.56. The Hall–Kier alpha value is -2.20. The van der Waals surface area contributed by atoms with E-state index in [-0.39, 0.29) is 5.97 Å². The maximum atomic E-state index is 12.1. The predicted octanol–water partition coefficient (Wildman–Crippen LogP) is 3.96. The first-order chi connectivity index (χ1) is 9.74. The van der Waals surface area contributed by atoms with Crippen LogP contribution in [0.4, 0.5) is 0 Å².